The van der Waals surface area contributed by atoms with Crippen LogP contribution in [0.15, 0.2) is 58.4 Å². The van der Waals surface area contributed by atoms with Gasteiger partial charge < -0.3 is 0 Å². The van der Waals surface area contributed by atoms with Crippen LogP contribution in [0.5, 0.6) is 0 Å². The summed E-state index contributed by atoms with van der Waals surface area (Å²) >= 11 is 0. The lowest BCUT2D eigenvalue weighted by Crippen LogP contribution is -2.26. The molecule has 0 aliphatic rings. The topological polar surface area (TPSA) is 86.0 Å². The number of nitrogens with one attached hydrogen (secondary N) is 1. The third-order valence-corrected chi connectivity index (χ3v) is 6.44. The monoisotopic (exact) mass is 414 g/mol. The zero-order chi connectivity index (χ0) is 21.2. The van der Waals surface area contributed by atoms with E-state index >= 15 is 0 Å². The van der Waals surface area contributed by atoms with Crippen molar-refractivity contribution in [3.05, 3.63) is 76.0 Å². The molecule has 0 spiro atoms. The summed E-state index contributed by atoms with van der Waals surface area (Å²) in [7, 11) is -1.81. The van der Waals surface area contributed by atoms with Crippen molar-refractivity contribution < 1.29 is 8.42 Å². The highest BCUT2D eigenvalue weighted by Gasteiger charge is 2.19. The van der Waals surface area contributed by atoms with Crippen LogP contribution >= 0.6 is 0 Å². The van der Waals surface area contributed by atoms with Crippen LogP contribution < -0.4 is 10.3 Å². The minimum absolute atomic E-state index is 0.0795. The van der Waals surface area contributed by atoms with Crippen molar-refractivity contribution in [2.75, 3.05) is 6.54 Å². The molecule has 3 rings (SSSR count). The molecule has 29 heavy (non-hydrogen) atoms. The van der Waals surface area contributed by atoms with Gasteiger partial charge in [-0.05, 0) is 49.2 Å². The molecule has 0 unspecified atom stereocenters. The van der Waals surface area contributed by atoms with Crippen LogP contribution in [-0.2, 0) is 23.5 Å². The van der Waals surface area contributed by atoms with Gasteiger partial charge in [0.15, 0.2) is 0 Å². The number of benzene rings is 1. The lowest BCUT2D eigenvalue weighted by molar-refractivity contribution is 0.581. The summed E-state index contributed by atoms with van der Waals surface area (Å²) in [4.78, 5) is 17.2. The molecule has 0 atom stereocenters. The van der Waals surface area contributed by atoms with Crippen LogP contribution in [-0.4, -0.2) is 29.3 Å². The minimum Gasteiger partial charge on any atom is -0.285 e. The van der Waals surface area contributed by atoms with E-state index in [1.165, 1.54) is 12.1 Å². The van der Waals surface area contributed by atoms with Crippen LogP contribution in [0, 0.1) is 6.92 Å². The van der Waals surface area contributed by atoms with Gasteiger partial charge >= 0.3 is 0 Å². The average molecular weight is 415 g/mol. The zero-order valence-corrected chi connectivity index (χ0v) is 17.9. The van der Waals surface area contributed by atoms with E-state index in [9.17, 15) is 13.2 Å². The standard InChI is InChI=1S/C21H26N4O3S/c1-15(2)20-16(3)24(4)25(21(20)26)18-8-10-19(11-9-18)29(27,28)23-14-12-17-7-5-6-13-22-17/h5-11,13,15,23H,12,14H2,1-4H3. The van der Waals surface area contributed by atoms with Gasteiger partial charge in [0.25, 0.3) is 5.56 Å². The summed E-state index contributed by atoms with van der Waals surface area (Å²) in [5, 5.41) is 0. The van der Waals surface area contributed by atoms with Crippen LogP contribution in [0.25, 0.3) is 5.69 Å². The van der Waals surface area contributed by atoms with Gasteiger partial charge in [-0.3, -0.25) is 14.5 Å². The van der Waals surface area contributed by atoms with Gasteiger partial charge in [-0.25, -0.2) is 17.8 Å². The van der Waals surface area contributed by atoms with Crippen molar-refractivity contribution in [1.29, 1.82) is 0 Å². The smallest absolute Gasteiger partial charge is 0.275 e. The Morgan fingerprint density at radius 1 is 1.10 bits per heavy atom. The zero-order valence-electron chi connectivity index (χ0n) is 17.1. The first kappa shape index (κ1) is 21.0. The first-order valence-corrected chi connectivity index (χ1v) is 11.0. The number of nitrogens with zero attached hydrogens (tertiary/aromatic N) is 3. The SMILES string of the molecule is Cc1c(C(C)C)c(=O)n(-c2ccc(S(=O)(=O)NCCc3ccccn3)cc2)n1C. The van der Waals surface area contributed by atoms with Crippen LogP contribution in [0.4, 0.5) is 0 Å². The summed E-state index contributed by atoms with van der Waals surface area (Å²) < 4.78 is 31.0. The molecule has 0 aliphatic carbocycles. The van der Waals surface area contributed by atoms with E-state index < -0.39 is 10.0 Å². The highest BCUT2D eigenvalue weighted by atomic mass is 32.2. The fraction of sp³-hybridized carbons (Fsp3) is 0.333. The Hall–Kier alpha value is -2.71. The minimum atomic E-state index is -3.64. The molecule has 0 saturated heterocycles. The fourth-order valence-corrected chi connectivity index (χ4v) is 4.43. The summed E-state index contributed by atoms with van der Waals surface area (Å²) in [5.41, 5.74) is 3.03. The molecular weight excluding hydrogens is 388 g/mol. The summed E-state index contributed by atoms with van der Waals surface area (Å²) in [6.07, 6.45) is 2.19. The molecule has 154 valence electrons. The Kier molecular flexibility index (Phi) is 6.04. The number of sulfonamides is 1. The van der Waals surface area contributed by atoms with Gasteiger partial charge in [-0.15, -0.1) is 0 Å². The summed E-state index contributed by atoms with van der Waals surface area (Å²) in [5.74, 6) is 0.109. The Balaban J connectivity index is 1.80. The first-order chi connectivity index (χ1) is 13.7. The van der Waals surface area contributed by atoms with E-state index in [1.807, 2.05) is 46.0 Å². The second-order valence-electron chi connectivity index (χ2n) is 7.26. The predicted molar refractivity (Wildman–Crippen MR) is 113 cm³/mol. The van der Waals surface area contributed by atoms with Crippen molar-refractivity contribution >= 4 is 10.0 Å². The van der Waals surface area contributed by atoms with E-state index in [2.05, 4.69) is 9.71 Å². The number of aromatic nitrogens is 3. The van der Waals surface area contributed by atoms with Crippen LogP contribution in [0.2, 0.25) is 0 Å². The molecule has 0 bridgehead atoms. The van der Waals surface area contributed by atoms with Gasteiger partial charge in [0.05, 0.1) is 10.6 Å². The van der Waals surface area contributed by atoms with Gasteiger partial charge in [-0.2, -0.15) is 0 Å². The van der Waals surface area contributed by atoms with Crippen molar-refractivity contribution in [3.63, 3.8) is 0 Å². The Morgan fingerprint density at radius 3 is 2.34 bits per heavy atom. The fourth-order valence-electron chi connectivity index (χ4n) is 3.39. The van der Waals surface area contributed by atoms with Gasteiger partial charge in [-0.1, -0.05) is 19.9 Å². The van der Waals surface area contributed by atoms with Crippen molar-refractivity contribution in [3.8, 4) is 5.69 Å². The van der Waals surface area contributed by atoms with E-state index in [-0.39, 0.29) is 22.9 Å². The Morgan fingerprint density at radius 2 is 1.79 bits per heavy atom. The number of hydrogen-bond acceptors (Lipinski definition) is 4. The maximum Gasteiger partial charge on any atom is 0.275 e. The van der Waals surface area contributed by atoms with Crippen molar-refractivity contribution in [2.45, 2.75) is 38.0 Å². The van der Waals surface area contributed by atoms with Gasteiger partial charge in [0, 0.05) is 43.2 Å². The summed E-state index contributed by atoms with van der Waals surface area (Å²) in [6.45, 7) is 6.15. The Labute approximate surface area is 171 Å². The predicted octanol–water partition coefficient (Wildman–Crippen LogP) is 2.52. The molecule has 1 aromatic carbocycles. The maximum atomic E-state index is 12.8. The lowest BCUT2D eigenvalue weighted by Gasteiger charge is -2.10. The van der Waals surface area contributed by atoms with E-state index in [1.54, 1.807) is 27.7 Å². The first-order valence-electron chi connectivity index (χ1n) is 9.51. The highest BCUT2D eigenvalue weighted by molar-refractivity contribution is 7.89. The van der Waals surface area contributed by atoms with E-state index in [4.69, 9.17) is 0 Å². The van der Waals surface area contributed by atoms with Gasteiger partial charge in [0.1, 0.15) is 0 Å². The average Bonchev–Trinajstić information content (AvgIpc) is 2.91. The second-order valence-corrected chi connectivity index (χ2v) is 9.02. The molecule has 3 aromatic rings. The molecular formula is C21H26N4O3S. The van der Waals surface area contributed by atoms with E-state index in [0.717, 1.165) is 17.0 Å². The van der Waals surface area contributed by atoms with Crippen LogP contribution in [0.1, 0.15) is 36.7 Å². The summed E-state index contributed by atoms with van der Waals surface area (Å²) in [6, 6.07) is 11.9. The molecule has 0 aliphatic heterocycles. The quantitative estimate of drug-likeness (QED) is 0.644. The molecule has 0 radical (unpaired) electrons. The molecule has 0 fully saturated rings. The number of hydrogen-bond donors (Lipinski definition) is 1. The van der Waals surface area contributed by atoms with Gasteiger partial charge in [0.2, 0.25) is 10.0 Å². The molecule has 0 saturated carbocycles. The maximum absolute atomic E-state index is 12.8. The largest absolute Gasteiger partial charge is 0.285 e. The Bertz CT molecular complexity index is 1150. The van der Waals surface area contributed by atoms with Crippen LogP contribution in [0.3, 0.4) is 0 Å². The third kappa shape index (κ3) is 4.33. The van der Waals surface area contributed by atoms with Crippen molar-refractivity contribution in [1.82, 2.24) is 19.1 Å². The molecule has 1 N–H and O–H groups in total. The molecule has 2 heterocycles. The highest BCUT2D eigenvalue weighted by Crippen LogP contribution is 2.18. The normalized spacial score (nSPS) is 11.9. The third-order valence-electron chi connectivity index (χ3n) is 4.97. The lowest BCUT2D eigenvalue weighted by atomic mass is 10.0. The van der Waals surface area contributed by atoms with E-state index in [0.29, 0.717) is 12.1 Å². The number of rotatable bonds is 7. The molecule has 0 amide bonds. The molecule has 8 heteroatoms. The van der Waals surface area contributed by atoms with Crippen molar-refractivity contribution in [2.24, 2.45) is 7.05 Å². The molecule has 2 aromatic heterocycles. The second kappa shape index (κ2) is 8.34. The number of pyridine rings is 1. The molecule has 7 nitrogen and oxygen atoms in total.